The van der Waals surface area contributed by atoms with Gasteiger partial charge in [0.15, 0.2) is 0 Å². The van der Waals surface area contributed by atoms with Crippen molar-refractivity contribution in [2.45, 2.75) is 77.6 Å². The number of carbonyl (C=O) groups excluding carboxylic acids is 2. The third-order valence-electron chi connectivity index (χ3n) is 5.33. The Bertz CT molecular complexity index is 818. The highest BCUT2D eigenvalue weighted by Crippen LogP contribution is 2.23. The van der Waals surface area contributed by atoms with E-state index in [0.717, 1.165) is 55.5 Å². The van der Waals surface area contributed by atoms with Gasteiger partial charge in [-0.3, -0.25) is 9.59 Å². The average Bonchev–Trinajstić information content (AvgIpc) is 2.71. The number of amides is 2. The Morgan fingerprint density at radius 2 is 1.06 bits per heavy atom. The van der Waals surface area contributed by atoms with Gasteiger partial charge in [0.2, 0.25) is 11.8 Å². The molecule has 0 aromatic heterocycles. The molecule has 167 valence electrons. The number of hydrogen-bond acceptors (Lipinski definition) is 2. The Kier molecular flexibility index (Phi) is 9.77. The minimum Gasteiger partial charge on any atom is -0.326 e. The van der Waals surface area contributed by atoms with Crippen molar-refractivity contribution < 1.29 is 9.59 Å². The smallest absolute Gasteiger partial charge is 0.224 e. The fourth-order valence-electron chi connectivity index (χ4n) is 3.37. The van der Waals surface area contributed by atoms with Gasteiger partial charge in [-0.25, -0.2) is 0 Å². The Balaban J connectivity index is 1.49. The molecule has 0 aliphatic carbocycles. The molecule has 0 bridgehead atoms. The third kappa shape index (κ3) is 9.82. The molecule has 2 rings (SSSR count). The Morgan fingerprint density at radius 3 is 1.48 bits per heavy atom. The van der Waals surface area contributed by atoms with Crippen LogP contribution in [0.25, 0.3) is 0 Å². The van der Waals surface area contributed by atoms with Gasteiger partial charge in [0, 0.05) is 24.2 Å². The molecule has 0 aliphatic rings. The molecule has 31 heavy (non-hydrogen) atoms. The van der Waals surface area contributed by atoms with Crippen LogP contribution in [-0.2, 0) is 15.0 Å². The van der Waals surface area contributed by atoms with Gasteiger partial charge in [0.25, 0.3) is 0 Å². The summed E-state index contributed by atoms with van der Waals surface area (Å²) in [4.78, 5) is 24.1. The molecule has 0 unspecified atom stereocenters. The van der Waals surface area contributed by atoms with Gasteiger partial charge in [-0.15, -0.1) is 0 Å². The summed E-state index contributed by atoms with van der Waals surface area (Å²) in [6, 6.07) is 15.6. The van der Waals surface area contributed by atoms with Crippen molar-refractivity contribution in [2.24, 2.45) is 0 Å². The number of benzene rings is 2. The predicted octanol–water partition coefficient (Wildman–Crippen LogP) is 6.86. The monoisotopic (exact) mass is 421 g/mol. The van der Waals surface area contributed by atoms with E-state index >= 15 is 0 Å². The number of hydrogen-bond donors (Lipinski definition) is 2. The molecule has 4 nitrogen and oxygen atoms in total. The first-order valence-corrected chi connectivity index (χ1v) is 11.4. The first-order valence-electron chi connectivity index (χ1n) is 11.4. The van der Waals surface area contributed by atoms with Crippen LogP contribution in [0, 0.1) is 6.92 Å². The van der Waals surface area contributed by atoms with E-state index in [2.05, 4.69) is 50.5 Å². The van der Waals surface area contributed by atoms with Gasteiger partial charge in [0.1, 0.15) is 0 Å². The van der Waals surface area contributed by atoms with Crippen LogP contribution in [0.5, 0.6) is 0 Å². The molecular formula is C27H37N2O2. The molecule has 2 aromatic carbocycles. The molecule has 0 spiro atoms. The summed E-state index contributed by atoms with van der Waals surface area (Å²) >= 11 is 0. The lowest BCUT2D eigenvalue weighted by Crippen LogP contribution is -2.13. The summed E-state index contributed by atoms with van der Waals surface area (Å²) in [5.74, 6) is 0.135. The molecule has 0 atom stereocenters. The molecule has 0 saturated carbocycles. The van der Waals surface area contributed by atoms with Gasteiger partial charge in [-0.1, -0.05) is 70.7 Å². The van der Waals surface area contributed by atoms with Crippen molar-refractivity contribution in [1.82, 2.24) is 0 Å². The van der Waals surface area contributed by atoms with Gasteiger partial charge >= 0.3 is 0 Å². The second-order valence-corrected chi connectivity index (χ2v) is 9.24. The van der Waals surface area contributed by atoms with E-state index in [1.54, 1.807) is 0 Å². The van der Waals surface area contributed by atoms with E-state index in [1.807, 2.05) is 36.4 Å². The summed E-state index contributed by atoms with van der Waals surface area (Å²) in [7, 11) is 0. The SMILES string of the molecule is [CH2]c1ccc(NC(=O)CCCCCCCCC(=O)Nc2ccc(C(C)(C)C)cc2)cc1. The first kappa shape index (κ1) is 24.6. The number of unbranched alkanes of at least 4 members (excludes halogenated alkanes) is 5. The lowest BCUT2D eigenvalue weighted by molar-refractivity contribution is -0.117. The standard InChI is InChI=1S/C27H37N2O2/c1-21-13-17-23(18-14-21)28-25(30)11-9-7-5-6-8-10-12-26(31)29-24-19-15-22(16-20-24)27(2,3)4/h13-20H,1,5-12H2,2-4H3,(H,28,30)(H,29,31). The molecule has 2 N–H and O–H groups in total. The van der Waals surface area contributed by atoms with Crippen LogP contribution in [0.4, 0.5) is 11.4 Å². The second kappa shape index (κ2) is 12.3. The zero-order valence-corrected chi connectivity index (χ0v) is 19.3. The summed E-state index contributed by atoms with van der Waals surface area (Å²) < 4.78 is 0. The number of nitrogens with one attached hydrogen (secondary N) is 2. The molecule has 0 saturated heterocycles. The molecule has 0 fully saturated rings. The topological polar surface area (TPSA) is 58.2 Å². The Hall–Kier alpha value is -2.62. The molecule has 4 heteroatoms. The summed E-state index contributed by atoms with van der Waals surface area (Å²) in [6.07, 6.45) is 7.16. The molecule has 2 aromatic rings. The van der Waals surface area contributed by atoms with Crippen molar-refractivity contribution in [3.8, 4) is 0 Å². The van der Waals surface area contributed by atoms with Gasteiger partial charge in [-0.2, -0.15) is 0 Å². The summed E-state index contributed by atoms with van der Waals surface area (Å²) in [5.41, 5.74) is 3.99. The zero-order chi connectivity index (χ0) is 22.7. The maximum atomic E-state index is 12.1. The van der Waals surface area contributed by atoms with Crippen molar-refractivity contribution in [3.05, 3.63) is 66.6 Å². The van der Waals surface area contributed by atoms with Crippen LogP contribution in [0.2, 0.25) is 0 Å². The van der Waals surface area contributed by atoms with Crippen LogP contribution in [0.3, 0.4) is 0 Å². The highest BCUT2D eigenvalue weighted by Gasteiger charge is 2.13. The first-order chi connectivity index (χ1) is 14.7. The highest BCUT2D eigenvalue weighted by atomic mass is 16.2. The minimum atomic E-state index is 0.0593. The van der Waals surface area contributed by atoms with E-state index in [0.29, 0.717) is 12.8 Å². The van der Waals surface area contributed by atoms with Gasteiger partial charge < -0.3 is 10.6 Å². The molecular weight excluding hydrogens is 384 g/mol. The van der Waals surface area contributed by atoms with E-state index < -0.39 is 0 Å². The normalized spacial score (nSPS) is 11.2. The molecule has 0 heterocycles. The predicted molar refractivity (Wildman–Crippen MR) is 130 cm³/mol. The third-order valence-corrected chi connectivity index (χ3v) is 5.33. The largest absolute Gasteiger partial charge is 0.326 e. The average molecular weight is 422 g/mol. The van der Waals surface area contributed by atoms with Crippen LogP contribution >= 0.6 is 0 Å². The van der Waals surface area contributed by atoms with Crippen LogP contribution in [0.1, 0.15) is 83.3 Å². The van der Waals surface area contributed by atoms with Gasteiger partial charge in [-0.05, 0) is 60.6 Å². The van der Waals surface area contributed by atoms with Crippen molar-refractivity contribution in [3.63, 3.8) is 0 Å². The highest BCUT2D eigenvalue weighted by molar-refractivity contribution is 5.91. The van der Waals surface area contributed by atoms with E-state index in [1.165, 1.54) is 5.56 Å². The van der Waals surface area contributed by atoms with Gasteiger partial charge in [0.05, 0.1) is 0 Å². The van der Waals surface area contributed by atoms with E-state index in [-0.39, 0.29) is 17.2 Å². The summed E-state index contributed by atoms with van der Waals surface area (Å²) in [6.45, 7) is 10.4. The fourth-order valence-corrected chi connectivity index (χ4v) is 3.37. The Labute approximate surface area is 187 Å². The number of rotatable bonds is 11. The Morgan fingerprint density at radius 1 is 0.677 bits per heavy atom. The molecule has 1 radical (unpaired) electrons. The van der Waals surface area contributed by atoms with Crippen molar-refractivity contribution in [1.29, 1.82) is 0 Å². The molecule has 0 aliphatic heterocycles. The zero-order valence-electron chi connectivity index (χ0n) is 19.3. The second-order valence-electron chi connectivity index (χ2n) is 9.24. The van der Waals surface area contributed by atoms with E-state index in [9.17, 15) is 9.59 Å². The number of anilines is 2. The van der Waals surface area contributed by atoms with Crippen LogP contribution in [0.15, 0.2) is 48.5 Å². The van der Waals surface area contributed by atoms with Crippen molar-refractivity contribution in [2.75, 3.05) is 10.6 Å². The lowest BCUT2D eigenvalue weighted by atomic mass is 9.87. The number of carbonyl (C=O) groups is 2. The minimum absolute atomic E-state index is 0.0593. The van der Waals surface area contributed by atoms with Crippen molar-refractivity contribution >= 4 is 23.2 Å². The van der Waals surface area contributed by atoms with E-state index in [4.69, 9.17) is 0 Å². The maximum absolute atomic E-state index is 12.1. The van der Waals surface area contributed by atoms with Crippen LogP contribution < -0.4 is 10.6 Å². The lowest BCUT2D eigenvalue weighted by Gasteiger charge is -2.19. The van der Waals surface area contributed by atoms with Crippen LogP contribution in [-0.4, -0.2) is 11.8 Å². The maximum Gasteiger partial charge on any atom is 0.224 e. The quantitative estimate of drug-likeness (QED) is 0.389. The summed E-state index contributed by atoms with van der Waals surface area (Å²) in [5, 5.41) is 5.89. The molecule has 2 amide bonds. The fraction of sp³-hybridized carbons (Fsp3) is 0.444.